The zero-order valence-corrected chi connectivity index (χ0v) is 15.4. The van der Waals surface area contributed by atoms with Crippen molar-refractivity contribution in [3.8, 4) is 11.4 Å². The summed E-state index contributed by atoms with van der Waals surface area (Å²) >= 11 is 0. The van der Waals surface area contributed by atoms with Gasteiger partial charge in [-0.25, -0.2) is 9.78 Å². The number of nitrogens with zero attached hydrogens (tertiary/aromatic N) is 2. The molecule has 6 rings (SSSR count). The average molecular weight is 374 g/mol. The van der Waals surface area contributed by atoms with Gasteiger partial charge in [0.25, 0.3) is 5.56 Å². The van der Waals surface area contributed by atoms with Crippen LogP contribution >= 0.6 is 0 Å². The van der Waals surface area contributed by atoms with Gasteiger partial charge >= 0.3 is 5.97 Å². The summed E-state index contributed by atoms with van der Waals surface area (Å²) in [5, 5.41) is 11.5. The van der Waals surface area contributed by atoms with E-state index in [0.29, 0.717) is 23.4 Å². The fourth-order valence-corrected chi connectivity index (χ4v) is 5.03. The number of aromatic nitrogens is 2. The van der Waals surface area contributed by atoms with E-state index in [1.54, 1.807) is 10.6 Å². The molecule has 1 aliphatic carbocycles. The van der Waals surface area contributed by atoms with Crippen molar-refractivity contribution in [2.75, 3.05) is 0 Å². The van der Waals surface area contributed by atoms with Crippen molar-refractivity contribution in [2.24, 2.45) is 0 Å². The lowest BCUT2D eigenvalue weighted by Gasteiger charge is -2.21. The summed E-state index contributed by atoms with van der Waals surface area (Å²) in [6.07, 6.45) is 1.71. The standard InChI is InChI=1S/C22H18N2O4/c1-10-5-6-16-18-11(10)3-2-4-12(18)14-8-24-17(19(14)23-16)7-13-15(21(24)26)9-28-22(27)20(13)25/h5-7,20,25H,2-4,8-9H2,1H3. The van der Waals surface area contributed by atoms with Crippen LogP contribution in [-0.4, -0.2) is 20.6 Å². The van der Waals surface area contributed by atoms with E-state index in [2.05, 4.69) is 19.1 Å². The molecular formula is C22H18N2O4. The molecule has 0 fully saturated rings. The van der Waals surface area contributed by atoms with Gasteiger partial charge in [-0.1, -0.05) is 6.07 Å². The second-order valence-corrected chi connectivity index (χ2v) is 7.89. The Hall–Kier alpha value is -2.99. The predicted molar refractivity (Wildman–Crippen MR) is 102 cm³/mol. The number of benzene rings is 1. The molecule has 4 heterocycles. The number of carbonyl (C=O) groups is 1. The minimum Gasteiger partial charge on any atom is -0.458 e. The van der Waals surface area contributed by atoms with Gasteiger partial charge in [0.1, 0.15) is 6.61 Å². The molecule has 28 heavy (non-hydrogen) atoms. The highest BCUT2D eigenvalue weighted by molar-refractivity contribution is 5.92. The molecule has 1 unspecified atom stereocenters. The maximum atomic E-state index is 13.1. The van der Waals surface area contributed by atoms with Crippen LogP contribution in [0.1, 0.15) is 45.9 Å². The number of aliphatic hydroxyl groups excluding tert-OH is 1. The van der Waals surface area contributed by atoms with Crippen molar-refractivity contribution in [1.29, 1.82) is 0 Å². The molecule has 0 bridgehead atoms. The fourth-order valence-electron chi connectivity index (χ4n) is 5.03. The van der Waals surface area contributed by atoms with Gasteiger partial charge in [-0.3, -0.25) is 4.79 Å². The molecule has 0 saturated carbocycles. The third-order valence-corrected chi connectivity index (χ3v) is 6.43. The molecule has 0 amide bonds. The third kappa shape index (κ3) is 1.88. The van der Waals surface area contributed by atoms with Crippen molar-refractivity contribution in [3.63, 3.8) is 0 Å². The molecule has 0 radical (unpaired) electrons. The number of ether oxygens (including phenoxy) is 1. The summed E-state index contributed by atoms with van der Waals surface area (Å²) < 4.78 is 6.67. The van der Waals surface area contributed by atoms with Gasteiger partial charge in [0.2, 0.25) is 0 Å². The number of carbonyl (C=O) groups excluding carboxylic acids is 1. The third-order valence-electron chi connectivity index (χ3n) is 6.43. The highest BCUT2D eigenvalue weighted by Crippen LogP contribution is 2.41. The maximum absolute atomic E-state index is 13.1. The number of hydrogen-bond donors (Lipinski definition) is 1. The van der Waals surface area contributed by atoms with Crippen LogP contribution in [0, 0.1) is 6.92 Å². The summed E-state index contributed by atoms with van der Waals surface area (Å²) in [7, 11) is 0. The quantitative estimate of drug-likeness (QED) is 0.478. The summed E-state index contributed by atoms with van der Waals surface area (Å²) in [4.78, 5) is 29.8. The Bertz CT molecular complexity index is 1290. The average Bonchev–Trinajstić information content (AvgIpc) is 3.07. The number of hydrogen-bond acceptors (Lipinski definition) is 5. The number of aryl methyl sites for hydroxylation is 3. The lowest BCUT2D eigenvalue weighted by Crippen LogP contribution is -2.32. The Morgan fingerprint density at radius 2 is 1.96 bits per heavy atom. The number of aliphatic hydroxyl groups is 1. The van der Waals surface area contributed by atoms with Crippen LogP contribution in [0.15, 0.2) is 23.0 Å². The normalized spacial score (nSPS) is 19.2. The van der Waals surface area contributed by atoms with Gasteiger partial charge in [-0.15, -0.1) is 0 Å². The van der Waals surface area contributed by atoms with Gasteiger partial charge in [0, 0.05) is 16.5 Å². The molecule has 2 aliphatic heterocycles. The Morgan fingerprint density at radius 3 is 2.82 bits per heavy atom. The second-order valence-electron chi connectivity index (χ2n) is 7.89. The van der Waals surface area contributed by atoms with Crippen LogP contribution in [0.2, 0.25) is 0 Å². The first-order valence-corrected chi connectivity index (χ1v) is 9.60. The van der Waals surface area contributed by atoms with Crippen molar-refractivity contribution in [3.05, 3.63) is 61.9 Å². The van der Waals surface area contributed by atoms with E-state index in [1.807, 2.05) is 0 Å². The maximum Gasteiger partial charge on any atom is 0.340 e. The van der Waals surface area contributed by atoms with Crippen molar-refractivity contribution < 1.29 is 14.6 Å². The van der Waals surface area contributed by atoms with Gasteiger partial charge in [-0.2, -0.15) is 0 Å². The van der Waals surface area contributed by atoms with E-state index >= 15 is 0 Å². The summed E-state index contributed by atoms with van der Waals surface area (Å²) in [5.74, 6) is -0.711. The lowest BCUT2D eigenvalue weighted by molar-refractivity contribution is -0.157. The molecule has 140 valence electrons. The van der Waals surface area contributed by atoms with Crippen molar-refractivity contribution >= 4 is 16.9 Å². The summed E-state index contributed by atoms with van der Waals surface area (Å²) in [5.41, 5.74) is 7.97. The highest BCUT2D eigenvalue weighted by Gasteiger charge is 2.35. The minimum atomic E-state index is -1.42. The largest absolute Gasteiger partial charge is 0.458 e. The molecule has 0 saturated heterocycles. The Labute approximate surface area is 160 Å². The molecular weight excluding hydrogens is 356 g/mol. The molecule has 3 aromatic rings. The van der Waals surface area contributed by atoms with Gasteiger partial charge in [0.15, 0.2) is 6.10 Å². The van der Waals surface area contributed by atoms with Crippen LogP contribution < -0.4 is 5.56 Å². The van der Waals surface area contributed by atoms with Gasteiger partial charge in [-0.05, 0) is 55.0 Å². The van der Waals surface area contributed by atoms with E-state index in [1.165, 1.54) is 22.1 Å². The number of cyclic esters (lactones) is 1. The number of fused-ring (bicyclic) bond motifs is 5. The molecule has 6 heteroatoms. The van der Waals surface area contributed by atoms with Crippen molar-refractivity contribution in [2.45, 2.75) is 45.4 Å². The van der Waals surface area contributed by atoms with E-state index in [4.69, 9.17) is 9.72 Å². The summed E-state index contributed by atoms with van der Waals surface area (Å²) in [6.45, 7) is 2.53. The minimum absolute atomic E-state index is 0.0910. The van der Waals surface area contributed by atoms with Crippen LogP contribution in [0.4, 0.5) is 0 Å². The Balaban J connectivity index is 1.68. The highest BCUT2D eigenvalue weighted by atomic mass is 16.5. The van der Waals surface area contributed by atoms with E-state index in [0.717, 1.165) is 36.0 Å². The first kappa shape index (κ1) is 16.0. The molecule has 2 aromatic heterocycles. The molecule has 3 aliphatic rings. The predicted octanol–water partition coefficient (Wildman–Crippen LogP) is 2.31. The number of rotatable bonds is 0. The topological polar surface area (TPSA) is 81.4 Å². The van der Waals surface area contributed by atoms with E-state index in [-0.39, 0.29) is 12.2 Å². The fraction of sp³-hybridized carbons (Fsp3) is 0.318. The SMILES string of the molecule is Cc1ccc2nc3c(c4c2c1CCC4)Cn1c-3cc2c(c1=O)COC(=O)C2O. The molecule has 0 spiro atoms. The molecule has 1 atom stereocenters. The van der Waals surface area contributed by atoms with E-state index in [9.17, 15) is 14.7 Å². The smallest absolute Gasteiger partial charge is 0.340 e. The van der Waals surface area contributed by atoms with Crippen LogP contribution in [0.3, 0.4) is 0 Å². The van der Waals surface area contributed by atoms with Crippen molar-refractivity contribution in [1.82, 2.24) is 9.55 Å². The second kappa shape index (κ2) is 5.29. The van der Waals surface area contributed by atoms with Crippen LogP contribution in [0.5, 0.6) is 0 Å². The summed E-state index contributed by atoms with van der Waals surface area (Å²) in [6, 6.07) is 5.91. The van der Waals surface area contributed by atoms with Gasteiger partial charge in [0.05, 0.1) is 29.0 Å². The van der Waals surface area contributed by atoms with Gasteiger partial charge < -0.3 is 14.4 Å². The molecule has 1 N–H and O–H groups in total. The lowest BCUT2D eigenvalue weighted by atomic mass is 9.85. The number of esters is 1. The van der Waals surface area contributed by atoms with Crippen LogP contribution in [-0.2, 0) is 35.5 Å². The monoisotopic (exact) mass is 374 g/mol. The van der Waals surface area contributed by atoms with Crippen LogP contribution in [0.25, 0.3) is 22.3 Å². The first-order chi connectivity index (χ1) is 13.5. The first-order valence-electron chi connectivity index (χ1n) is 9.60. The Morgan fingerprint density at radius 1 is 1.14 bits per heavy atom. The molecule has 1 aromatic carbocycles. The number of pyridine rings is 2. The zero-order valence-electron chi connectivity index (χ0n) is 15.4. The zero-order chi connectivity index (χ0) is 19.2. The molecule has 6 nitrogen and oxygen atoms in total. The Kier molecular flexibility index (Phi) is 3.03. The van der Waals surface area contributed by atoms with E-state index < -0.39 is 12.1 Å².